The molecule has 7 heteroatoms. The number of ether oxygens (including phenoxy) is 1. The van der Waals surface area contributed by atoms with Crippen LogP contribution in [0, 0.1) is 6.92 Å². The summed E-state index contributed by atoms with van der Waals surface area (Å²) in [5.74, 6) is 1.71. The molecule has 1 N–H and O–H groups in total. The molecule has 0 bridgehead atoms. The number of amides is 1. The quantitative estimate of drug-likeness (QED) is 0.260. The smallest absolute Gasteiger partial charge is 0.255 e. The minimum atomic E-state index is -0.163. The van der Waals surface area contributed by atoms with Crippen molar-refractivity contribution in [1.82, 2.24) is 15.0 Å². The average molecular weight is 493 g/mol. The maximum absolute atomic E-state index is 12.9. The molecule has 3 aromatic heterocycles. The molecule has 6 nitrogen and oxygen atoms in total. The van der Waals surface area contributed by atoms with E-state index in [1.54, 1.807) is 23.7 Å². The molecule has 0 aliphatic carbocycles. The molecular formula is C29H24N4O2S. The lowest BCUT2D eigenvalue weighted by Gasteiger charge is -2.13. The molecule has 5 aromatic rings. The molecule has 2 aromatic carbocycles. The third-order valence-corrected chi connectivity index (χ3v) is 6.56. The zero-order valence-corrected chi connectivity index (χ0v) is 20.8. The highest BCUT2D eigenvalue weighted by atomic mass is 32.1. The third-order valence-electron chi connectivity index (χ3n) is 5.64. The van der Waals surface area contributed by atoms with Crippen molar-refractivity contribution in [3.05, 3.63) is 108 Å². The maximum atomic E-state index is 12.9. The molecule has 3 heterocycles. The summed E-state index contributed by atoms with van der Waals surface area (Å²) in [6.45, 7) is 3.95. The first-order valence-corrected chi connectivity index (χ1v) is 12.5. The molecule has 5 rings (SSSR count). The maximum Gasteiger partial charge on any atom is 0.255 e. The number of benzene rings is 2. The van der Waals surface area contributed by atoms with Gasteiger partial charge in [0.2, 0.25) is 5.88 Å². The molecule has 0 aliphatic heterocycles. The first kappa shape index (κ1) is 23.4. The van der Waals surface area contributed by atoms with Crippen LogP contribution in [-0.4, -0.2) is 20.9 Å². The Morgan fingerprint density at radius 2 is 1.89 bits per heavy atom. The second kappa shape index (κ2) is 10.5. The van der Waals surface area contributed by atoms with Crippen LogP contribution < -0.4 is 10.1 Å². The van der Waals surface area contributed by atoms with E-state index in [4.69, 9.17) is 4.74 Å². The lowest BCUT2D eigenvalue weighted by molar-refractivity contribution is 0.102. The highest BCUT2D eigenvalue weighted by molar-refractivity contribution is 7.13. The van der Waals surface area contributed by atoms with Crippen LogP contribution in [0.2, 0.25) is 0 Å². The zero-order chi connectivity index (χ0) is 24.9. The fourth-order valence-electron chi connectivity index (χ4n) is 3.79. The molecule has 0 unspecified atom stereocenters. The summed E-state index contributed by atoms with van der Waals surface area (Å²) in [5, 5.41) is 5.02. The van der Waals surface area contributed by atoms with E-state index in [0.717, 1.165) is 39.5 Å². The number of hydrogen-bond acceptors (Lipinski definition) is 6. The van der Waals surface area contributed by atoms with Crippen molar-refractivity contribution in [1.29, 1.82) is 0 Å². The van der Waals surface area contributed by atoms with Crippen molar-refractivity contribution in [2.24, 2.45) is 0 Å². The SMILES string of the molecule is CCc1nccc(-c2cccnc2Oc2ccc(NC(=O)c3cccc(-c4cccs4)c3)cc2C)n1. The van der Waals surface area contributed by atoms with Crippen LogP contribution in [-0.2, 0) is 6.42 Å². The van der Waals surface area contributed by atoms with Crippen molar-refractivity contribution in [3.63, 3.8) is 0 Å². The van der Waals surface area contributed by atoms with Crippen LogP contribution in [0.1, 0.15) is 28.7 Å². The molecule has 0 fully saturated rings. The van der Waals surface area contributed by atoms with Gasteiger partial charge in [0.15, 0.2) is 0 Å². The van der Waals surface area contributed by atoms with Crippen molar-refractivity contribution < 1.29 is 9.53 Å². The molecule has 178 valence electrons. The fraction of sp³-hybridized carbons (Fsp3) is 0.103. The largest absolute Gasteiger partial charge is 0.438 e. The number of carbonyl (C=O) groups is 1. The number of aromatic nitrogens is 3. The highest BCUT2D eigenvalue weighted by Gasteiger charge is 2.13. The number of anilines is 1. The minimum Gasteiger partial charge on any atom is -0.438 e. The van der Waals surface area contributed by atoms with Gasteiger partial charge < -0.3 is 10.1 Å². The van der Waals surface area contributed by atoms with Gasteiger partial charge in [-0.2, -0.15) is 0 Å². The van der Waals surface area contributed by atoms with Gasteiger partial charge in [-0.05, 0) is 78.0 Å². The highest BCUT2D eigenvalue weighted by Crippen LogP contribution is 2.33. The summed E-state index contributed by atoms with van der Waals surface area (Å²) in [5.41, 5.74) is 4.74. The van der Waals surface area contributed by atoms with Crippen LogP contribution in [0.3, 0.4) is 0 Å². The van der Waals surface area contributed by atoms with Crippen LogP contribution in [0.25, 0.3) is 21.7 Å². The lowest BCUT2D eigenvalue weighted by Crippen LogP contribution is -2.12. The topological polar surface area (TPSA) is 77.0 Å². The minimum absolute atomic E-state index is 0.163. The van der Waals surface area contributed by atoms with E-state index in [1.165, 1.54) is 0 Å². The average Bonchev–Trinajstić information content (AvgIpc) is 3.46. The van der Waals surface area contributed by atoms with Crippen LogP contribution in [0.4, 0.5) is 5.69 Å². The number of nitrogens with one attached hydrogen (secondary N) is 1. The van der Waals surface area contributed by atoms with Crippen LogP contribution in [0.5, 0.6) is 11.6 Å². The summed E-state index contributed by atoms with van der Waals surface area (Å²) >= 11 is 1.65. The van der Waals surface area contributed by atoms with E-state index < -0.39 is 0 Å². The number of rotatable bonds is 7. The standard InChI is InChI=1S/C29H24N4O2S/c1-3-27-30-15-13-24(33-27)23-9-5-14-31-29(23)35-25-12-11-22(17-19(25)2)32-28(34)21-8-4-7-20(18-21)26-10-6-16-36-26/h4-18H,3H2,1-2H3,(H,32,34). The van der Waals surface area contributed by atoms with Gasteiger partial charge in [-0.25, -0.2) is 15.0 Å². The van der Waals surface area contributed by atoms with Crippen LogP contribution in [0.15, 0.2) is 90.6 Å². The number of thiophene rings is 1. The Labute approximate surface area is 213 Å². The number of pyridine rings is 1. The molecule has 0 radical (unpaired) electrons. The monoisotopic (exact) mass is 492 g/mol. The van der Waals surface area contributed by atoms with E-state index in [2.05, 4.69) is 20.3 Å². The van der Waals surface area contributed by atoms with Gasteiger partial charge in [-0.1, -0.05) is 25.1 Å². The summed E-state index contributed by atoms with van der Waals surface area (Å²) in [4.78, 5) is 27.4. The lowest BCUT2D eigenvalue weighted by atomic mass is 10.1. The van der Waals surface area contributed by atoms with E-state index in [0.29, 0.717) is 22.9 Å². The van der Waals surface area contributed by atoms with Gasteiger partial charge in [0, 0.05) is 34.9 Å². The predicted octanol–water partition coefficient (Wildman–Crippen LogP) is 7.18. The Balaban J connectivity index is 1.34. The first-order valence-electron chi connectivity index (χ1n) is 11.6. The van der Waals surface area contributed by atoms with Gasteiger partial charge in [0.05, 0.1) is 11.3 Å². The van der Waals surface area contributed by atoms with E-state index in [-0.39, 0.29) is 5.91 Å². The van der Waals surface area contributed by atoms with Gasteiger partial charge in [-0.3, -0.25) is 4.79 Å². The van der Waals surface area contributed by atoms with Crippen molar-refractivity contribution in [3.8, 4) is 33.3 Å². The van der Waals surface area contributed by atoms with Crippen molar-refractivity contribution in [2.75, 3.05) is 5.32 Å². The Hall–Kier alpha value is -4.36. The molecular weight excluding hydrogens is 468 g/mol. The Kier molecular flexibility index (Phi) is 6.82. The number of carbonyl (C=O) groups excluding carboxylic acids is 1. The molecule has 36 heavy (non-hydrogen) atoms. The van der Waals surface area contributed by atoms with Gasteiger partial charge in [0.1, 0.15) is 11.6 Å². The van der Waals surface area contributed by atoms with Gasteiger partial charge in [0.25, 0.3) is 5.91 Å². The Bertz CT molecular complexity index is 1520. The number of aryl methyl sites for hydroxylation is 2. The second-order valence-electron chi connectivity index (χ2n) is 8.16. The van der Waals surface area contributed by atoms with E-state index >= 15 is 0 Å². The summed E-state index contributed by atoms with van der Waals surface area (Å²) in [7, 11) is 0. The van der Waals surface area contributed by atoms with Crippen molar-refractivity contribution in [2.45, 2.75) is 20.3 Å². The molecule has 0 saturated heterocycles. The first-order chi connectivity index (χ1) is 17.6. The summed E-state index contributed by atoms with van der Waals surface area (Å²) in [6.07, 6.45) is 4.18. The molecule has 0 spiro atoms. The van der Waals surface area contributed by atoms with Crippen molar-refractivity contribution >= 4 is 22.9 Å². The summed E-state index contributed by atoms with van der Waals surface area (Å²) < 4.78 is 6.19. The summed E-state index contributed by atoms with van der Waals surface area (Å²) in [6, 6.07) is 22.9. The molecule has 0 aliphatic rings. The Morgan fingerprint density at radius 3 is 2.69 bits per heavy atom. The normalized spacial score (nSPS) is 10.7. The fourth-order valence-corrected chi connectivity index (χ4v) is 4.52. The Morgan fingerprint density at radius 1 is 0.972 bits per heavy atom. The molecule has 0 saturated carbocycles. The second-order valence-corrected chi connectivity index (χ2v) is 9.11. The predicted molar refractivity (Wildman–Crippen MR) is 144 cm³/mol. The third kappa shape index (κ3) is 5.16. The number of nitrogens with zero attached hydrogens (tertiary/aromatic N) is 3. The van der Waals surface area contributed by atoms with Gasteiger partial charge in [-0.15, -0.1) is 11.3 Å². The molecule has 0 atom stereocenters. The van der Waals surface area contributed by atoms with E-state index in [1.807, 2.05) is 92.0 Å². The van der Waals surface area contributed by atoms with Crippen LogP contribution >= 0.6 is 11.3 Å². The van der Waals surface area contributed by atoms with Gasteiger partial charge >= 0.3 is 0 Å². The van der Waals surface area contributed by atoms with E-state index in [9.17, 15) is 4.79 Å². The number of hydrogen-bond donors (Lipinski definition) is 1. The zero-order valence-electron chi connectivity index (χ0n) is 19.9. The molecule has 1 amide bonds.